The number of piperidine rings is 1. The highest BCUT2D eigenvalue weighted by Gasteiger charge is 2.24. The van der Waals surface area contributed by atoms with E-state index in [0.717, 1.165) is 42.0 Å². The smallest absolute Gasteiger partial charge is 0.251 e. The van der Waals surface area contributed by atoms with Gasteiger partial charge in [-0.1, -0.05) is 30.3 Å². The fraction of sp³-hybridized carbons (Fsp3) is 0.208. The third kappa shape index (κ3) is 4.14. The molecule has 3 heterocycles. The first-order chi connectivity index (χ1) is 15.2. The molecule has 156 valence electrons. The normalized spacial score (nSPS) is 14.7. The highest BCUT2D eigenvalue weighted by atomic mass is 32.1. The van der Waals surface area contributed by atoms with Gasteiger partial charge in [0.05, 0.1) is 5.39 Å². The zero-order valence-corrected chi connectivity index (χ0v) is 17.6. The van der Waals surface area contributed by atoms with Gasteiger partial charge >= 0.3 is 0 Å². The van der Waals surface area contributed by atoms with Gasteiger partial charge in [-0.25, -0.2) is 14.4 Å². The summed E-state index contributed by atoms with van der Waals surface area (Å²) in [5, 5.41) is 4.14. The van der Waals surface area contributed by atoms with Crippen molar-refractivity contribution in [2.45, 2.75) is 18.9 Å². The standard InChI is InChI=1S/C24H21FN4OS/c25-18-8-6-17(7-9-18)23(30)28-19-10-12-29(13-11-19)22-20-14-21(16-4-2-1-3-5-16)31-24(20)27-15-26-22/h1-9,14-15,19H,10-13H2,(H,28,30). The average Bonchev–Trinajstić information content (AvgIpc) is 3.25. The molecule has 0 atom stereocenters. The number of nitrogens with zero attached hydrogens (tertiary/aromatic N) is 3. The lowest BCUT2D eigenvalue weighted by molar-refractivity contribution is 0.0931. The molecule has 0 bridgehead atoms. The van der Waals surface area contributed by atoms with E-state index >= 15 is 0 Å². The molecule has 0 aliphatic carbocycles. The number of thiophene rings is 1. The van der Waals surface area contributed by atoms with Crippen LogP contribution in [0.1, 0.15) is 23.2 Å². The van der Waals surface area contributed by atoms with Crippen molar-refractivity contribution in [2.75, 3.05) is 18.0 Å². The molecule has 1 aliphatic rings. The van der Waals surface area contributed by atoms with Crippen molar-refractivity contribution in [3.8, 4) is 10.4 Å². The van der Waals surface area contributed by atoms with E-state index in [4.69, 9.17) is 0 Å². The Morgan fingerprint density at radius 3 is 2.52 bits per heavy atom. The molecule has 31 heavy (non-hydrogen) atoms. The predicted octanol–water partition coefficient (Wildman–Crippen LogP) is 4.90. The van der Waals surface area contributed by atoms with Gasteiger partial charge in [-0.15, -0.1) is 11.3 Å². The van der Waals surface area contributed by atoms with Crippen LogP contribution in [0.3, 0.4) is 0 Å². The molecular formula is C24H21FN4OS. The molecular weight excluding hydrogens is 411 g/mol. The monoisotopic (exact) mass is 432 g/mol. The van der Waals surface area contributed by atoms with E-state index in [1.165, 1.54) is 34.7 Å². The van der Waals surface area contributed by atoms with Crippen LogP contribution in [0.15, 0.2) is 67.0 Å². The quantitative estimate of drug-likeness (QED) is 0.499. The SMILES string of the molecule is O=C(NC1CCN(c2ncnc3sc(-c4ccccc4)cc23)CC1)c1ccc(F)cc1. The highest BCUT2D eigenvalue weighted by Crippen LogP contribution is 2.36. The number of rotatable bonds is 4. The van der Waals surface area contributed by atoms with Crippen LogP contribution < -0.4 is 10.2 Å². The van der Waals surface area contributed by atoms with Gasteiger partial charge in [0.1, 0.15) is 22.8 Å². The molecule has 0 spiro atoms. The van der Waals surface area contributed by atoms with Crippen molar-refractivity contribution in [1.82, 2.24) is 15.3 Å². The number of fused-ring (bicyclic) bond motifs is 1. The lowest BCUT2D eigenvalue weighted by Crippen LogP contribution is -2.45. The summed E-state index contributed by atoms with van der Waals surface area (Å²) in [5.74, 6) is 0.449. The second-order valence-electron chi connectivity index (χ2n) is 7.63. The van der Waals surface area contributed by atoms with Crippen molar-refractivity contribution in [2.24, 2.45) is 0 Å². The molecule has 1 fully saturated rings. The van der Waals surface area contributed by atoms with Crippen molar-refractivity contribution >= 4 is 33.3 Å². The highest BCUT2D eigenvalue weighted by molar-refractivity contribution is 7.21. The number of anilines is 1. The Bertz CT molecular complexity index is 1200. The summed E-state index contributed by atoms with van der Waals surface area (Å²) >= 11 is 1.67. The van der Waals surface area contributed by atoms with E-state index in [0.29, 0.717) is 5.56 Å². The van der Waals surface area contributed by atoms with Crippen molar-refractivity contribution < 1.29 is 9.18 Å². The minimum absolute atomic E-state index is 0.0912. The molecule has 5 nitrogen and oxygen atoms in total. The maximum atomic E-state index is 13.1. The zero-order valence-electron chi connectivity index (χ0n) is 16.8. The number of nitrogens with one attached hydrogen (secondary N) is 1. The van der Waals surface area contributed by atoms with E-state index in [1.54, 1.807) is 17.7 Å². The minimum Gasteiger partial charge on any atom is -0.356 e. The number of benzene rings is 2. The third-order valence-corrected chi connectivity index (χ3v) is 6.69. The van der Waals surface area contributed by atoms with Crippen LogP contribution in [0.5, 0.6) is 0 Å². The van der Waals surface area contributed by atoms with Crippen LogP contribution in [-0.4, -0.2) is 35.0 Å². The van der Waals surface area contributed by atoms with Crippen molar-refractivity contribution in [3.63, 3.8) is 0 Å². The molecule has 1 aliphatic heterocycles. The first-order valence-corrected chi connectivity index (χ1v) is 11.1. The molecule has 0 saturated carbocycles. The molecule has 7 heteroatoms. The van der Waals surface area contributed by atoms with Gasteiger partial charge in [-0.2, -0.15) is 0 Å². The second-order valence-corrected chi connectivity index (χ2v) is 8.67. The van der Waals surface area contributed by atoms with Crippen molar-refractivity contribution in [1.29, 1.82) is 0 Å². The van der Waals surface area contributed by atoms with Gasteiger partial charge in [0.15, 0.2) is 0 Å². The molecule has 5 rings (SSSR count). The van der Waals surface area contributed by atoms with Crippen LogP contribution in [0.25, 0.3) is 20.7 Å². The number of hydrogen-bond donors (Lipinski definition) is 1. The Morgan fingerprint density at radius 1 is 1.03 bits per heavy atom. The molecule has 4 aromatic rings. The van der Waals surface area contributed by atoms with Gasteiger partial charge in [0.2, 0.25) is 0 Å². The van der Waals surface area contributed by atoms with E-state index in [-0.39, 0.29) is 17.8 Å². The first kappa shape index (κ1) is 19.6. The lowest BCUT2D eigenvalue weighted by Gasteiger charge is -2.33. The Hall–Kier alpha value is -3.32. The van der Waals surface area contributed by atoms with Gasteiger partial charge in [-0.3, -0.25) is 4.79 Å². The predicted molar refractivity (Wildman–Crippen MR) is 122 cm³/mol. The van der Waals surface area contributed by atoms with Crippen LogP contribution in [0, 0.1) is 5.82 Å². The molecule has 2 aromatic heterocycles. The van der Waals surface area contributed by atoms with Crippen LogP contribution in [0.2, 0.25) is 0 Å². The van der Waals surface area contributed by atoms with E-state index in [2.05, 4.69) is 38.4 Å². The van der Waals surface area contributed by atoms with Crippen molar-refractivity contribution in [3.05, 3.63) is 78.4 Å². The van der Waals surface area contributed by atoms with Crippen LogP contribution >= 0.6 is 11.3 Å². The Kier molecular flexibility index (Phi) is 5.34. The summed E-state index contributed by atoms with van der Waals surface area (Å²) in [6, 6.07) is 18.2. The maximum Gasteiger partial charge on any atom is 0.251 e. The summed E-state index contributed by atoms with van der Waals surface area (Å²) in [6.07, 6.45) is 3.29. The Labute approximate surface area is 183 Å². The molecule has 0 unspecified atom stereocenters. The fourth-order valence-corrected chi connectivity index (χ4v) is 4.94. The van der Waals surface area contributed by atoms with E-state index < -0.39 is 0 Å². The summed E-state index contributed by atoms with van der Waals surface area (Å²) < 4.78 is 13.1. The van der Waals surface area contributed by atoms with Gasteiger partial charge < -0.3 is 10.2 Å². The maximum absolute atomic E-state index is 13.1. The summed E-state index contributed by atoms with van der Waals surface area (Å²) in [7, 11) is 0. The van der Waals surface area contributed by atoms with Gasteiger partial charge in [0, 0.05) is 29.6 Å². The number of halogens is 1. The molecule has 2 aromatic carbocycles. The average molecular weight is 433 g/mol. The summed E-state index contributed by atoms with van der Waals surface area (Å²) in [4.78, 5) is 25.9. The topological polar surface area (TPSA) is 58.1 Å². The third-order valence-electron chi connectivity index (χ3n) is 5.60. The van der Waals surface area contributed by atoms with E-state index in [1.807, 2.05) is 18.2 Å². The summed E-state index contributed by atoms with van der Waals surface area (Å²) in [5.41, 5.74) is 1.66. The largest absolute Gasteiger partial charge is 0.356 e. The van der Waals surface area contributed by atoms with Crippen LogP contribution in [0.4, 0.5) is 10.2 Å². The number of carbonyl (C=O) groups excluding carboxylic acids is 1. The van der Waals surface area contributed by atoms with Gasteiger partial charge in [-0.05, 0) is 48.7 Å². The molecule has 1 N–H and O–H groups in total. The Morgan fingerprint density at radius 2 is 1.77 bits per heavy atom. The minimum atomic E-state index is -0.343. The molecule has 0 radical (unpaired) electrons. The first-order valence-electron chi connectivity index (χ1n) is 10.3. The van der Waals surface area contributed by atoms with Crippen LogP contribution in [-0.2, 0) is 0 Å². The van der Waals surface area contributed by atoms with Gasteiger partial charge in [0.25, 0.3) is 5.91 Å². The lowest BCUT2D eigenvalue weighted by atomic mass is 10.0. The Balaban J connectivity index is 1.29. The molecule has 1 saturated heterocycles. The number of hydrogen-bond acceptors (Lipinski definition) is 5. The van der Waals surface area contributed by atoms with E-state index in [9.17, 15) is 9.18 Å². The second kappa shape index (κ2) is 8.43. The zero-order chi connectivity index (χ0) is 21.2. The number of aromatic nitrogens is 2. The molecule has 1 amide bonds. The number of amides is 1. The number of carbonyl (C=O) groups is 1. The summed E-state index contributed by atoms with van der Waals surface area (Å²) in [6.45, 7) is 1.61. The fourth-order valence-electron chi connectivity index (χ4n) is 3.95.